The summed E-state index contributed by atoms with van der Waals surface area (Å²) in [6, 6.07) is 5.26. The van der Waals surface area contributed by atoms with Crippen LogP contribution in [0.4, 0.5) is 5.13 Å². The lowest BCUT2D eigenvalue weighted by molar-refractivity contribution is 0.0943. The molecule has 1 aliphatic heterocycles. The van der Waals surface area contributed by atoms with Crippen molar-refractivity contribution in [1.29, 1.82) is 0 Å². The number of amides is 2. The van der Waals surface area contributed by atoms with E-state index in [-0.39, 0.29) is 10.9 Å². The van der Waals surface area contributed by atoms with Gasteiger partial charge in [0.05, 0.1) is 10.6 Å². The van der Waals surface area contributed by atoms with Crippen LogP contribution in [0.5, 0.6) is 0 Å². The number of hydrogen-bond donors (Lipinski definition) is 2. The maximum atomic E-state index is 12.3. The fraction of sp³-hybridized carbons (Fsp3) is 0.450. The summed E-state index contributed by atoms with van der Waals surface area (Å²) in [6.45, 7) is 4.99. The van der Waals surface area contributed by atoms with Crippen LogP contribution in [0.1, 0.15) is 53.5 Å². The third kappa shape index (κ3) is 6.15. The number of nitrogens with one attached hydrogen (secondary N) is 2. The first-order chi connectivity index (χ1) is 13.9. The van der Waals surface area contributed by atoms with E-state index in [1.807, 2.05) is 0 Å². The number of thiazole rings is 1. The van der Waals surface area contributed by atoms with Crippen LogP contribution in [0.15, 0.2) is 23.6 Å². The highest BCUT2D eigenvalue weighted by atomic mass is 35.5. The summed E-state index contributed by atoms with van der Waals surface area (Å²) in [4.78, 5) is 31.3. The minimum Gasteiger partial charge on any atom is -0.351 e. The van der Waals surface area contributed by atoms with E-state index in [2.05, 4.69) is 27.4 Å². The zero-order chi connectivity index (χ0) is 20.8. The number of carbonyl (C=O) groups excluding carboxylic acids is 2. The predicted octanol–water partition coefficient (Wildman–Crippen LogP) is 4.70. The third-order valence-corrected chi connectivity index (χ3v) is 6.29. The Morgan fingerprint density at radius 3 is 2.86 bits per heavy atom. The van der Waals surface area contributed by atoms with Crippen LogP contribution in [0, 0.1) is 0 Å². The first-order valence-corrected chi connectivity index (χ1v) is 11.3. The third-order valence-electron chi connectivity index (χ3n) is 4.98. The molecule has 1 aromatic heterocycles. The van der Waals surface area contributed by atoms with Gasteiger partial charge in [-0.3, -0.25) is 14.9 Å². The van der Waals surface area contributed by atoms with E-state index >= 15 is 0 Å². The average Bonchev–Trinajstić information content (AvgIpc) is 3.14. The van der Waals surface area contributed by atoms with Crippen molar-refractivity contribution in [3.05, 3.63) is 44.9 Å². The van der Waals surface area contributed by atoms with Crippen molar-refractivity contribution in [1.82, 2.24) is 15.2 Å². The number of benzene rings is 1. The predicted molar refractivity (Wildman–Crippen MR) is 118 cm³/mol. The fourth-order valence-electron chi connectivity index (χ4n) is 3.34. The molecule has 6 nitrogen and oxygen atoms in total. The van der Waals surface area contributed by atoms with Crippen LogP contribution in [0.25, 0.3) is 0 Å². The van der Waals surface area contributed by atoms with Gasteiger partial charge in [-0.25, -0.2) is 4.98 Å². The molecule has 29 heavy (non-hydrogen) atoms. The van der Waals surface area contributed by atoms with Gasteiger partial charge in [-0.2, -0.15) is 0 Å². The van der Waals surface area contributed by atoms with Gasteiger partial charge in [-0.05, 0) is 50.9 Å². The van der Waals surface area contributed by atoms with Gasteiger partial charge in [0.15, 0.2) is 5.13 Å². The Bertz CT molecular complexity index is 874. The lowest BCUT2D eigenvalue weighted by atomic mass is 10.0. The SMILES string of the molecule is CC1CCCCN1CCCNC(=O)c1csc(NC(=O)c2ccc(Cl)cc2Cl)n1. The summed E-state index contributed by atoms with van der Waals surface area (Å²) in [5, 5.41) is 8.24. The number of aromatic nitrogens is 1. The highest BCUT2D eigenvalue weighted by molar-refractivity contribution is 7.14. The van der Waals surface area contributed by atoms with E-state index in [4.69, 9.17) is 23.2 Å². The molecular formula is C20H24Cl2N4O2S. The molecule has 0 radical (unpaired) electrons. The molecule has 2 amide bonds. The van der Waals surface area contributed by atoms with Gasteiger partial charge in [0.1, 0.15) is 5.69 Å². The van der Waals surface area contributed by atoms with E-state index in [1.165, 1.54) is 36.7 Å². The van der Waals surface area contributed by atoms with Gasteiger partial charge in [0.25, 0.3) is 11.8 Å². The molecule has 2 aromatic rings. The van der Waals surface area contributed by atoms with Crippen molar-refractivity contribution in [2.45, 2.75) is 38.6 Å². The van der Waals surface area contributed by atoms with Crippen molar-refractivity contribution in [2.24, 2.45) is 0 Å². The lowest BCUT2D eigenvalue weighted by Gasteiger charge is -2.33. The Balaban J connectivity index is 1.46. The number of nitrogens with zero attached hydrogens (tertiary/aromatic N) is 2. The number of halogens is 2. The van der Waals surface area contributed by atoms with Crippen molar-refractivity contribution in [3.63, 3.8) is 0 Å². The van der Waals surface area contributed by atoms with Crippen LogP contribution in [-0.2, 0) is 0 Å². The zero-order valence-electron chi connectivity index (χ0n) is 16.2. The summed E-state index contributed by atoms with van der Waals surface area (Å²) in [6.07, 6.45) is 4.71. The first kappa shape index (κ1) is 22.0. The van der Waals surface area contributed by atoms with Gasteiger partial charge in [0.2, 0.25) is 0 Å². The van der Waals surface area contributed by atoms with E-state index in [0.29, 0.717) is 34.0 Å². The maximum absolute atomic E-state index is 12.3. The summed E-state index contributed by atoms with van der Waals surface area (Å²) >= 11 is 13.1. The van der Waals surface area contributed by atoms with Gasteiger partial charge < -0.3 is 10.2 Å². The fourth-order valence-corrected chi connectivity index (χ4v) is 4.52. The summed E-state index contributed by atoms with van der Waals surface area (Å²) < 4.78 is 0. The van der Waals surface area contributed by atoms with Gasteiger partial charge in [-0.1, -0.05) is 29.6 Å². The van der Waals surface area contributed by atoms with Crippen LogP contribution in [-0.4, -0.2) is 47.4 Å². The second-order valence-corrected chi connectivity index (χ2v) is 8.81. The van der Waals surface area contributed by atoms with Gasteiger partial charge in [-0.15, -0.1) is 11.3 Å². The second-order valence-electron chi connectivity index (χ2n) is 7.11. The summed E-state index contributed by atoms with van der Waals surface area (Å²) in [7, 11) is 0. The van der Waals surface area contributed by atoms with Crippen LogP contribution < -0.4 is 10.6 Å². The zero-order valence-corrected chi connectivity index (χ0v) is 18.5. The average molecular weight is 455 g/mol. The Hall–Kier alpha value is -1.67. The molecule has 156 valence electrons. The van der Waals surface area contributed by atoms with Gasteiger partial charge in [0, 0.05) is 29.5 Å². The quantitative estimate of drug-likeness (QED) is 0.594. The molecular weight excluding hydrogens is 431 g/mol. The highest BCUT2D eigenvalue weighted by Crippen LogP contribution is 2.23. The molecule has 1 atom stereocenters. The van der Waals surface area contributed by atoms with Crippen molar-refractivity contribution in [3.8, 4) is 0 Å². The van der Waals surface area contributed by atoms with Crippen LogP contribution in [0.2, 0.25) is 10.0 Å². The minimum atomic E-state index is -0.399. The monoisotopic (exact) mass is 454 g/mol. The molecule has 1 aliphatic rings. The molecule has 0 bridgehead atoms. The Morgan fingerprint density at radius 1 is 1.28 bits per heavy atom. The Morgan fingerprint density at radius 2 is 2.10 bits per heavy atom. The second kappa shape index (κ2) is 10.4. The lowest BCUT2D eigenvalue weighted by Crippen LogP contribution is -2.39. The smallest absolute Gasteiger partial charge is 0.270 e. The molecule has 9 heteroatoms. The van der Waals surface area contributed by atoms with Crippen LogP contribution in [0.3, 0.4) is 0 Å². The Kier molecular flexibility index (Phi) is 7.89. The summed E-state index contributed by atoms with van der Waals surface area (Å²) in [5.41, 5.74) is 0.586. The number of anilines is 1. The molecule has 0 saturated carbocycles. The molecule has 2 heterocycles. The maximum Gasteiger partial charge on any atom is 0.270 e. The topological polar surface area (TPSA) is 74.3 Å². The first-order valence-electron chi connectivity index (χ1n) is 9.68. The largest absolute Gasteiger partial charge is 0.351 e. The van der Waals surface area contributed by atoms with Crippen molar-refractivity contribution < 1.29 is 9.59 Å². The number of likely N-dealkylation sites (tertiary alicyclic amines) is 1. The standard InChI is InChI=1S/C20H24Cl2N4O2S/c1-13-5-2-3-9-26(13)10-4-8-23-19(28)17-12-29-20(24-17)25-18(27)15-7-6-14(21)11-16(15)22/h6-7,11-13H,2-5,8-10H2,1H3,(H,23,28)(H,24,25,27). The number of rotatable bonds is 7. The van der Waals surface area contributed by atoms with Crippen LogP contribution >= 0.6 is 34.5 Å². The molecule has 0 aliphatic carbocycles. The normalized spacial score (nSPS) is 17.1. The number of carbonyl (C=O) groups is 2. The number of piperidine rings is 1. The molecule has 1 aromatic carbocycles. The van der Waals surface area contributed by atoms with E-state index in [1.54, 1.807) is 17.5 Å². The van der Waals surface area contributed by atoms with E-state index in [9.17, 15) is 9.59 Å². The van der Waals surface area contributed by atoms with Crippen molar-refractivity contribution >= 4 is 51.5 Å². The number of hydrogen-bond acceptors (Lipinski definition) is 5. The highest BCUT2D eigenvalue weighted by Gasteiger charge is 2.18. The van der Waals surface area contributed by atoms with Crippen molar-refractivity contribution in [2.75, 3.05) is 25.0 Å². The molecule has 1 fully saturated rings. The Labute approximate surface area is 184 Å². The molecule has 2 N–H and O–H groups in total. The molecule has 0 spiro atoms. The minimum absolute atomic E-state index is 0.238. The van der Waals surface area contributed by atoms with E-state index < -0.39 is 5.91 Å². The summed E-state index contributed by atoms with van der Waals surface area (Å²) in [5.74, 6) is -0.637. The molecule has 3 rings (SSSR count). The molecule has 1 saturated heterocycles. The van der Waals surface area contributed by atoms with Gasteiger partial charge >= 0.3 is 0 Å². The molecule has 1 unspecified atom stereocenters. The van der Waals surface area contributed by atoms with E-state index in [0.717, 1.165) is 19.5 Å².